The Labute approximate surface area is 148 Å². The number of aryl methyl sites for hydroxylation is 2. The molecule has 7 nitrogen and oxygen atoms in total. The Morgan fingerprint density at radius 1 is 1.36 bits per heavy atom. The van der Waals surface area contributed by atoms with Crippen molar-refractivity contribution in [2.45, 2.75) is 45.7 Å². The predicted octanol–water partition coefficient (Wildman–Crippen LogP) is 1.98. The van der Waals surface area contributed by atoms with Gasteiger partial charge in [-0.25, -0.2) is 13.4 Å². The van der Waals surface area contributed by atoms with Crippen molar-refractivity contribution in [2.24, 2.45) is 0 Å². The fourth-order valence-corrected chi connectivity index (χ4v) is 4.63. The van der Waals surface area contributed by atoms with Crippen LogP contribution in [0.1, 0.15) is 32.5 Å². The highest BCUT2D eigenvalue weighted by atomic mass is 32.2. The third kappa shape index (κ3) is 3.41. The molecule has 3 rings (SSSR count). The normalized spacial score (nSPS) is 18.8. The first-order valence-electron chi connectivity index (χ1n) is 8.62. The van der Waals surface area contributed by atoms with Crippen LogP contribution in [0.15, 0.2) is 18.2 Å². The standard InChI is InChI=1S/C17H24N4O3S/c1-4-16-19-13-11-12(8-9-14(13)20(16)5-2)18-17(22)15-7-6-10-21(15)25(3,23)24/h8-9,11,15H,4-7,10H2,1-3H3,(H,18,22). The number of rotatable bonds is 5. The molecule has 0 saturated carbocycles. The zero-order valence-electron chi connectivity index (χ0n) is 14.8. The van der Waals surface area contributed by atoms with E-state index in [1.165, 1.54) is 4.31 Å². The first-order valence-corrected chi connectivity index (χ1v) is 10.5. The van der Waals surface area contributed by atoms with Gasteiger partial charge in [-0.15, -0.1) is 0 Å². The van der Waals surface area contributed by atoms with Crippen molar-refractivity contribution in [2.75, 3.05) is 18.1 Å². The third-order valence-corrected chi connectivity index (χ3v) is 5.95. The lowest BCUT2D eigenvalue weighted by Crippen LogP contribution is -2.42. The molecule has 1 aromatic heterocycles. The van der Waals surface area contributed by atoms with Crippen LogP contribution in [0.5, 0.6) is 0 Å². The number of benzene rings is 1. The molecule has 1 aliphatic rings. The van der Waals surface area contributed by atoms with Crippen LogP contribution >= 0.6 is 0 Å². The number of nitrogens with zero attached hydrogens (tertiary/aromatic N) is 3. The number of imidazole rings is 1. The van der Waals surface area contributed by atoms with E-state index >= 15 is 0 Å². The molecular formula is C17H24N4O3S. The van der Waals surface area contributed by atoms with Gasteiger partial charge in [0, 0.05) is 25.2 Å². The van der Waals surface area contributed by atoms with Gasteiger partial charge < -0.3 is 9.88 Å². The van der Waals surface area contributed by atoms with E-state index in [-0.39, 0.29) is 5.91 Å². The molecule has 2 heterocycles. The predicted molar refractivity (Wildman–Crippen MR) is 98.0 cm³/mol. The van der Waals surface area contributed by atoms with Crippen molar-refractivity contribution in [3.8, 4) is 0 Å². The van der Waals surface area contributed by atoms with E-state index in [0.717, 1.165) is 36.1 Å². The maximum absolute atomic E-state index is 12.5. The molecule has 1 fully saturated rings. The van der Waals surface area contributed by atoms with E-state index in [0.29, 0.717) is 25.1 Å². The smallest absolute Gasteiger partial charge is 0.242 e. The number of hydrogen-bond acceptors (Lipinski definition) is 4. The first kappa shape index (κ1) is 17.9. The zero-order valence-corrected chi connectivity index (χ0v) is 15.6. The molecule has 2 aromatic rings. The summed E-state index contributed by atoms with van der Waals surface area (Å²) >= 11 is 0. The minimum atomic E-state index is -3.38. The average Bonchev–Trinajstić information content (AvgIpc) is 3.18. The van der Waals surface area contributed by atoms with E-state index in [4.69, 9.17) is 0 Å². The van der Waals surface area contributed by atoms with Gasteiger partial charge in [-0.05, 0) is 38.0 Å². The molecule has 1 aromatic carbocycles. The molecule has 25 heavy (non-hydrogen) atoms. The molecule has 1 saturated heterocycles. The maximum atomic E-state index is 12.5. The fourth-order valence-electron chi connectivity index (χ4n) is 3.50. The van der Waals surface area contributed by atoms with Crippen LogP contribution in [0, 0.1) is 0 Å². The van der Waals surface area contributed by atoms with E-state index in [2.05, 4.69) is 28.7 Å². The SMILES string of the molecule is CCc1nc2cc(NC(=O)C3CCCN3S(C)(=O)=O)ccc2n1CC. The van der Waals surface area contributed by atoms with E-state index in [1.54, 1.807) is 0 Å². The van der Waals surface area contributed by atoms with E-state index in [1.807, 2.05) is 18.2 Å². The number of carbonyl (C=O) groups is 1. The van der Waals surface area contributed by atoms with Crippen LogP contribution in [-0.2, 0) is 27.8 Å². The first-order chi connectivity index (χ1) is 11.8. The highest BCUT2D eigenvalue weighted by Gasteiger charge is 2.36. The number of carbonyl (C=O) groups excluding carboxylic acids is 1. The van der Waals surface area contributed by atoms with Gasteiger partial charge in [0.05, 0.1) is 17.3 Å². The summed E-state index contributed by atoms with van der Waals surface area (Å²) in [5.41, 5.74) is 2.51. The largest absolute Gasteiger partial charge is 0.328 e. The number of amides is 1. The topological polar surface area (TPSA) is 84.3 Å². The summed E-state index contributed by atoms with van der Waals surface area (Å²) in [5.74, 6) is 0.730. The second kappa shape index (κ2) is 6.76. The summed E-state index contributed by atoms with van der Waals surface area (Å²) in [4.78, 5) is 17.2. The minimum Gasteiger partial charge on any atom is -0.328 e. The van der Waals surface area contributed by atoms with Crippen molar-refractivity contribution >= 4 is 32.7 Å². The third-order valence-electron chi connectivity index (χ3n) is 4.66. The highest BCUT2D eigenvalue weighted by Crippen LogP contribution is 2.24. The summed E-state index contributed by atoms with van der Waals surface area (Å²) in [6.07, 6.45) is 3.24. The van der Waals surface area contributed by atoms with Gasteiger partial charge in [-0.1, -0.05) is 6.92 Å². The van der Waals surface area contributed by atoms with Crippen LogP contribution < -0.4 is 5.32 Å². The van der Waals surface area contributed by atoms with Gasteiger partial charge in [0.2, 0.25) is 15.9 Å². The molecule has 8 heteroatoms. The van der Waals surface area contributed by atoms with Crippen LogP contribution in [0.25, 0.3) is 11.0 Å². The molecule has 0 radical (unpaired) electrons. The van der Waals surface area contributed by atoms with Gasteiger partial charge in [-0.2, -0.15) is 4.31 Å². The van der Waals surface area contributed by atoms with Crippen molar-refractivity contribution in [3.05, 3.63) is 24.0 Å². The molecule has 1 N–H and O–H groups in total. The molecular weight excluding hydrogens is 340 g/mol. The van der Waals surface area contributed by atoms with Crippen molar-refractivity contribution in [3.63, 3.8) is 0 Å². The monoisotopic (exact) mass is 364 g/mol. The van der Waals surface area contributed by atoms with Crippen LogP contribution in [0.2, 0.25) is 0 Å². The molecule has 136 valence electrons. The number of anilines is 1. The number of nitrogens with one attached hydrogen (secondary N) is 1. The lowest BCUT2D eigenvalue weighted by molar-refractivity contribution is -0.119. The molecule has 0 aliphatic carbocycles. The van der Waals surface area contributed by atoms with Gasteiger partial charge in [0.15, 0.2) is 0 Å². The fraction of sp³-hybridized carbons (Fsp3) is 0.529. The van der Waals surface area contributed by atoms with Crippen LogP contribution in [0.4, 0.5) is 5.69 Å². The lowest BCUT2D eigenvalue weighted by Gasteiger charge is -2.21. The van der Waals surface area contributed by atoms with Gasteiger partial charge in [0.1, 0.15) is 11.9 Å². The Balaban J connectivity index is 1.84. The van der Waals surface area contributed by atoms with Crippen LogP contribution in [-0.4, -0.2) is 47.0 Å². The molecule has 1 aliphatic heterocycles. The molecule has 1 unspecified atom stereocenters. The molecule has 1 atom stereocenters. The number of fused-ring (bicyclic) bond motifs is 1. The van der Waals surface area contributed by atoms with Crippen molar-refractivity contribution in [1.29, 1.82) is 0 Å². The van der Waals surface area contributed by atoms with Crippen molar-refractivity contribution in [1.82, 2.24) is 13.9 Å². The number of sulfonamides is 1. The second-order valence-electron chi connectivity index (χ2n) is 6.35. The minimum absolute atomic E-state index is 0.284. The number of aromatic nitrogens is 2. The van der Waals surface area contributed by atoms with E-state index < -0.39 is 16.1 Å². The number of hydrogen-bond donors (Lipinski definition) is 1. The quantitative estimate of drug-likeness (QED) is 0.879. The Kier molecular flexibility index (Phi) is 4.83. The van der Waals surface area contributed by atoms with E-state index in [9.17, 15) is 13.2 Å². The van der Waals surface area contributed by atoms with Gasteiger partial charge in [0.25, 0.3) is 0 Å². The molecule has 0 bridgehead atoms. The Morgan fingerprint density at radius 3 is 2.76 bits per heavy atom. The maximum Gasteiger partial charge on any atom is 0.242 e. The summed E-state index contributed by atoms with van der Waals surface area (Å²) in [6, 6.07) is 5.00. The summed E-state index contributed by atoms with van der Waals surface area (Å²) < 4.78 is 27.1. The average molecular weight is 364 g/mol. The highest BCUT2D eigenvalue weighted by molar-refractivity contribution is 7.88. The lowest BCUT2D eigenvalue weighted by atomic mass is 10.2. The van der Waals surface area contributed by atoms with Crippen molar-refractivity contribution < 1.29 is 13.2 Å². The summed E-state index contributed by atoms with van der Waals surface area (Å²) in [7, 11) is -3.38. The zero-order chi connectivity index (χ0) is 18.2. The van der Waals surface area contributed by atoms with Gasteiger partial charge in [-0.3, -0.25) is 4.79 Å². The van der Waals surface area contributed by atoms with Gasteiger partial charge >= 0.3 is 0 Å². The Bertz CT molecular complexity index is 904. The Hall–Kier alpha value is -1.93. The summed E-state index contributed by atoms with van der Waals surface area (Å²) in [5, 5.41) is 2.85. The van der Waals surface area contributed by atoms with Crippen LogP contribution in [0.3, 0.4) is 0 Å². The molecule has 1 amide bonds. The summed E-state index contributed by atoms with van der Waals surface area (Å²) in [6.45, 7) is 5.39. The molecule has 0 spiro atoms. The Morgan fingerprint density at radius 2 is 2.12 bits per heavy atom. The second-order valence-corrected chi connectivity index (χ2v) is 8.29.